The van der Waals surface area contributed by atoms with Crippen LogP contribution in [0.3, 0.4) is 0 Å². The smallest absolute Gasteiger partial charge is 0.142 e. The van der Waals surface area contributed by atoms with Gasteiger partial charge in [0.15, 0.2) is 0 Å². The van der Waals surface area contributed by atoms with Crippen LogP contribution < -0.4 is 5.32 Å². The molecule has 0 aliphatic carbocycles. The summed E-state index contributed by atoms with van der Waals surface area (Å²) in [6.45, 7) is 8.11. The van der Waals surface area contributed by atoms with E-state index < -0.39 is 0 Å². The van der Waals surface area contributed by atoms with E-state index in [1.807, 2.05) is 6.08 Å². The van der Waals surface area contributed by atoms with Crippen LogP contribution in [-0.2, 0) is 0 Å². The van der Waals surface area contributed by atoms with Gasteiger partial charge in [0.05, 0.1) is 7.14 Å². The molecule has 0 spiro atoms. The summed E-state index contributed by atoms with van der Waals surface area (Å²) in [5.74, 6) is 0.401. The number of benzene rings is 1. The van der Waals surface area contributed by atoms with Gasteiger partial charge in [-0.1, -0.05) is 6.08 Å². The number of hydrogen-bond donors (Lipinski definition) is 2. The van der Waals surface area contributed by atoms with Gasteiger partial charge in [-0.2, -0.15) is 0 Å². The lowest BCUT2D eigenvalue weighted by Gasteiger charge is -2.35. The molecule has 126 valence electrons. The summed E-state index contributed by atoms with van der Waals surface area (Å²) in [7, 11) is 0. The molecule has 0 unspecified atom stereocenters. The molecule has 1 atom stereocenters. The number of phenolic OH excluding ortho intramolecular Hbond substituents is 1. The van der Waals surface area contributed by atoms with Gasteiger partial charge < -0.3 is 10.4 Å². The van der Waals surface area contributed by atoms with Crippen LogP contribution in [0, 0.1) is 7.14 Å². The molecular weight excluding hydrogens is 549 g/mol. The van der Waals surface area contributed by atoms with Gasteiger partial charge in [0, 0.05) is 32.2 Å². The molecule has 1 saturated heterocycles. The second-order valence-corrected chi connectivity index (χ2v) is 7.33. The summed E-state index contributed by atoms with van der Waals surface area (Å²) < 4.78 is 1.87. The van der Waals surface area contributed by atoms with E-state index in [1.165, 1.54) is 5.56 Å². The standard InChI is InChI=1S/C15H20I2N2O.2ClH/c1-2-3-4-14(19-7-5-18-6-8-19)11-9-12(16)15(20)13(17)10-11;;/h2,9-10,14,18,20H,1,3-8H2;2*1H/t14-;;/m1../s1. The number of nitrogens with zero attached hydrogens (tertiary/aromatic N) is 1. The first kappa shape index (κ1) is 22.7. The predicted octanol–water partition coefficient (Wildman–Crippen LogP) is 4.36. The van der Waals surface area contributed by atoms with E-state index in [0.29, 0.717) is 11.8 Å². The van der Waals surface area contributed by atoms with Gasteiger partial charge >= 0.3 is 0 Å². The summed E-state index contributed by atoms with van der Waals surface area (Å²) in [6, 6.07) is 4.65. The summed E-state index contributed by atoms with van der Waals surface area (Å²) >= 11 is 4.42. The lowest BCUT2D eigenvalue weighted by molar-refractivity contribution is 0.166. The maximum Gasteiger partial charge on any atom is 0.142 e. The van der Waals surface area contributed by atoms with Crippen molar-refractivity contribution in [3.63, 3.8) is 0 Å². The van der Waals surface area contributed by atoms with Crippen LogP contribution in [0.2, 0.25) is 0 Å². The van der Waals surface area contributed by atoms with Gasteiger partial charge in [0.25, 0.3) is 0 Å². The molecule has 1 aliphatic heterocycles. The van der Waals surface area contributed by atoms with Crippen molar-refractivity contribution in [3.05, 3.63) is 37.5 Å². The lowest BCUT2D eigenvalue weighted by atomic mass is 9.99. The molecule has 0 bridgehead atoms. The third-order valence-corrected chi connectivity index (χ3v) is 5.31. The Kier molecular flexibility index (Phi) is 11.7. The van der Waals surface area contributed by atoms with Crippen molar-refractivity contribution in [2.75, 3.05) is 26.2 Å². The summed E-state index contributed by atoms with van der Waals surface area (Å²) in [5, 5.41) is 13.3. The van der Waals surface area contributed by atoms with Crippen LogP contribution in [0.5, 0.6) is 5.75 Å². The SMILES string of the molecule is C=CCC[C@H](c1cc(I)c(O)c(I)c1)N1CCNCC1.Cl.Cl. The number of nitrogens with one attached hydrogen (secondary N) is 1. The predicted molar refractivity (Wildman–Crippen MR) is 115 cm³/mol. The largest absolute Gasteiger partial charge is 0.506 e. The zero-order valence-electron chi connectivity index (χ0n) is 12.2. The Morgan fingerprint density at radius 1 is 1.23 bits per heavy atom. The minimum absolute atomic E-state index is 0. The van der Waals surface area contributed by atoms with Gasteiger partial charge in [0.1, 0.15) is 5.75 Å². The Morgan fingerprint density at radius 3 is 2.27 bits per heavy atom. The van der Waals surface area contributed by atoms with E-state index >= 15 is 0 Å². The number of allylic oxidation sites excluding steroid dienone is 1. The average molecular weight is 571 g/mol. The van der Waals surface area contributed by atoms with Crippen molar-refractivity contribution < 1.29 is 5.11 Å². The highest BCUT2D eigenvalue weighted by atomic mass is 127. The second-order valence-electron chi connectivity index (χ2n) is 5.00. The summed E-state index contributed by atoms with van der Waals surface area (Å²) in [5.41, 5.74) is 1.31. The Labute approximate surface area is 172 Å². The molecule has 0 radical (unpaired) electrons. The molecule has 7 heteroatoms. The fourth-order valence-electron chi connectivity index (χ4n) is 2.61. The molecule has 1 aliphatic rings. The van der Waals surface area contributed by atoms with E-state index in [0.717, 1.165) is 46.2 Å². The average Bonchev–Trinajstić information content (AvgIpc) is 2.46. The monoisotopic (exact) mass is 570 g/mol. The molecule has 0 saturated carbocycles. The first-order valence-electron chi connectivity index (χ1n) is 6.87. The minimum atomic E-state index is 0. The van der Waals surface area contributed by atoms with Crippen molar-refractivity contribution in [1.82, 2.24) is 10.2 Å². The number of halogens is 4. The lowest BCUT2D eigenvalue weighted by Crippen LogP contribution is -2.45. The molecule has 2 rings (SSSR count). The highest BCUT2D eigenvalue weighted by molar-refractivity contribution is 14.1. The molecule has 1 fully saturated rings. The molecule has 1 aromatic rings. The first-order chi connectivity index (χ1) is 9.63. The first-order valence-corrected chi connectivity index (χ1v) is 9.02. The van der Waals surface area contributed by atoms with Gasteiger partial charge in [-0.15, -0.1) is 31.4 Å². The third kappa shape index (κ3) is 5.98. The third-order valence-electron chi connectivity index (χ3n) is 3.66. The van der Waals surface area contributed by atoms with Crippen molar-refractivity contribution in [1.29, 1.82) is 0 Å². The van der Waals surface area contributed by atoms with Crippen LogP contribution in [0.1, 0.15) is 24.4 Å². The topological polar surface area (TPSA) is 35.5 Å². The summed E-state index contributed by atoms with van der Waals surface area (Å²) in [6.07, 6.45) is 4.09. The highest BCUT2D eigenvalue weighted by Gasteiger charge is 2.23. The van der Waals surface area contributed by atoms with Crippen molar-refractivity contribution in [2.24, 2.45) is 0 Å². The Balaban J connectivity index is 0.00000220. The zero-order valence-corrected chi connectivity index (χ0v) is 18.2. The normalized spacial score (nSPS) is 16.3. The Morgan fingerprint density at radius 2 is 1.77 bits per heavy atom. The van der Waals surface area contributed by atoms with Gasteiger partial charge in [-0.25, -0.2) is 0 Å². The summed E-state index contributed by atoms with van der Waals surface area (Å²) in [4.78, 5) is 2.54. The maximum absolute atomic E-state index is 9.94. The molecular formula is C15H22Cl2I2N2O. The van der Waals surface area contributed by atoms with Gasteiger partial charge in [0.2, 0.25) is 0 Å². The Bertz CT molecular complexity index is 460. The molecule has 22 heavy (non-hydrogen) atoms. The van der Waals surface area contributed by atoms with Crippen LogP contribution >= 0.6 is 70.0 Å². The maximum atomic E-state index is 9.94. The number of piperazine rings is 1. The van der Waals surface area contributed by atoms with Crippen molar-refractivity contribution >= 4 is 70.0 Å². The van der Waals surface area contributed by atoms with Crippen LogP contribution in [0.25, 0.3) is 0 Å². The number of rotatable bonds is 5. The van der Waals surface area contributed by atoms with Gasteiger partial charge in [-0.3, -0.25) is 4.90 Å². The highest BCUT2D eigenvalue weighted by Crippen LogP contribution is 2.33. The number of aromatic hydroxyl groups is 1. The van der Waals surface area contributed by atoms with Crippen molar-refractivity contribution in [2.45, 2.75) is 18.9 Å². The van der Waals surface area contributed by atoms with E-state index in [1.54, 1.807) is 0 Å². The minimum Gasteiger partial charge on any atom is -0.506 e. The Hall–Kier alpha value is 0.720. The molecule has 1 heterocycles. The van der Waals surface area contributed by atoms with E-state index in [9.17, 15) is 5.11 Å². The van der Waals surface area contributed by atoms with Crippen LogP contribution in [0.15, 0.2) is 24.8 Å². The molecule has 2 N–H and O–H groups in total. The fraction of sp³-hybridized carbons (Fsp3) is 0.467. The fourth-order valence-corrected chi connectivity index (χ4v) is 4.42. The molecule has 0 amide bonds. The number of hydrogen-bond acceptors (Lipinski definition) is 3. The molecule has 3 nitrogen and oxygen atoms in total. The van der Waals surface area contributed by atoms with Crippen LogP contribution in [0.4, 0.5) is 0 Å². The second kappa shape index (κ2) is 11.3. The van der Waals surface area contributed by atoms with Crippen LogP contribution in [-0.4, -0.2) is 36.2 Å². The van der Waals surface area contributed by atoms with Gasteiger partial charge in [-0.05, 0) is 75.7 Å². The zero-order chi connectivity index (χ0) is 14.5. The quantitative estimate of drug-likeness (QED) is 0.408. The van der Waals surface area contributed by atoms with E-state index in [4.69, 9.17) is 0 Å². The molecule has 0 aromatic heterocycles. The van der Waals surface area contributed by atoms with E-state index in [-0.39, 0.29) is 24.8 Å². The van der Waals surface area contributed by atoms with E-state index in [2.05, 4.69) is 74.1 Å². The number of phenols is 1. The van der Waals surface area contributed by atoms with Crippen molar-refractivity contribution in [3.8, 4) is 5.75 Å². The molecule has 1 aromatic carbocycles.